The predicted octanol–water partition coefficient (Wildman–Crippen LogP) is -2.22. The van der Waals surface area contributed by atoms with Gasteiger partial charge in [0.2, 0.25) is 0 Å². The Morgan fingerprint density at radius 3 is 1.71 bits per heavy atom. The molecule has 0 unspecified atom stereocenters. The number of nitrogens with zero attached hydrogens (tertiary/aromatic N) is 8. The fourth-order valence-electron chi connectivity index (χ4n) is 0.962. The standard InChI is InChI=1S/C5H9N9/c1-13-9-4(7-11-13)3(6)5-8-12-14(2)10-5/h3H,6H2,1-2H3. The molecule has 0 amide bonds. The zero-order valence-electron chi connectivity index (χ0n) is 7.73. The highest BCUT2D eigenvalue weighted by molar-refractivity contribution is 5.02. The molecule has 0 aliphatic rings. The molecule has 2 N–H and O–H groups in total. The highest BCUT2D eigenvalue weighted by atomic mass is 15.6. The monoisotopic (exact) mass is 195 g/mol. The molecule has 14 heavy (non-hydrogen) atoms. The molecule has 2 rings (SSSR count). The van der Waals surface area contributed by atoms with Crippen molar-refractivity contribution in [2.45, 2.75) is 6.04 Å². The van der Waals surface area contributed by atoms with E-state index in [1.54, 1.807) is 14.1 Å². The van der Waals surface area contributed by atoms with Gasteiger partial charge in [0.05, 0.1) is 14.1 Å². The van der Waals surface area contributed by atoms with Crippen LogP contribution in [0, 0.1) is 0 Å². The van der Waals surface area contributed by atoms with Gasteiger partial charge in [0.25, 0.3) is 0 Å². The van der Waals surface area contributed by atoms with Crippen molar-refractivity contribution in [1.82, 2.24) is 40.4 Å². The minimum atomic E-state index is -0.586. The molecule has 0 aromatic carbocycles. The minimum Gasteiger partial charge on any atom is -0.315 e. The van der Waals surface area contributed by atoms with E-state index in [9.17, 15) is 0 Å². The fourth-order valence-corrected chi connectivity index (χ4v) is 0.962. The molecule has 0 saturated carbocycles. The van der Waals surface area contributed by atoms with Gasteiger partial charge in [-0.05, 0) is 10.4 Å². The molecule has 74 valence electrons. The smallest absolute Gasteiger partial charge is 0.199 e. The van der Waals surface area contributed by atoms with Crippen LogP contribution in [0.15, 0.2) is 0 Å². The summed E-state index contributed by atoms with van der Waals surface area (Å²) < 4.78 is 0. The molecule has 2 aromatic heterocycles. The van der Waals surface area contributed by atoms with Crippen LogP contribution in [0.25, 0.3) is 0 Å². The number of hydrogen-bond acceptors (Lipinski definition) is 7. The van der Waals surface area contributed by atoms with Crippen LogP contribution in [0.1, 0.15) is 17.7 Å². The van der Waals surface area contributed by atoms with Crippen molar-refractivity contribution < 1.29 is 0 Å². The lowest BCUT2D eigenvalue weighted by atomic mass is 10.3. The van der Waals surface area contributed by atoms with Gasteiger partial charge in [0, 0.05) is 0 Å². The van der Waals surface area contributed by atoms with Crippen LogP contribution in [0.3, 0.4) is 0 Å². The van der Waals surface area contributed by atoms with E-state index < -0.39 is 6.04 Å². The van der Waals surface area contributed by atoms with E-state index in [2.05, 4.69) is 30.8 Å². The lowest BCUT2D eigenvalue weighted by Gasteiger charge is -1.98. The van der Waals surface area contributed by atoms with Crippen molar-refractivity contribution >= 4 is 0 Å². The quantitative estimate of drug-likeness (QED) is 0.577. The number of aryl methyl sites for hydroxylation is 2. The predicted molar refractivity (Wildman–Crippen MR) is 43.6 cm³/mol. The third kappa shape index (κ3) is 1.44. The van der Waals surface area contributed by atoms with Crippen molar-refractivity contribution in [2.75, 3.05) is 0 Å². The molecule has 0 bridgehead atoms. The number of hydrogen-bond donors (Lipinski definition) is 1. The Balaban J connectivity index is 2.28. The van der Waals surface area contributed by atoms with Gasteiger partial charge in [0.15, 0.2) is 11.6 Å². The molecule has 2 heterocycles. The maximum Gasteiger partial charge on any atom is 0.199 e. The molecule has 0 saturated heterocycles. The van der Waals surface area contributed by atoms with Gasteiger partial charge < -0.3 is 5.73 Å². The van der Waals surface area contributed by atoms with Crippen molar-refractivity contribution in [3.63, 3.8) is 0 Å². The van der Waals surface area contributed by atoms with Gasteiger partial charge in [-0.1, -0.05) is 0 Å². The second kappa shape index (κ2) is 3.10. The van der Waals surface area contributed by atoms with Crippen molar-refractivity contribution in [1.29, 1.82) is 0 Å². The minimum absolute atomic E-state index is 0.375. The summed E-state index contributed by atoms with van der Waals surface area (Å²) in [7, 11) is 3.32. The van der Waals surface area contributed by atoms with Gasteiger partial charge >= 0.3 is 0 Å². The molecule has 0 aliphatic carbocycles. The Morgan fingerprint density at radius 2 is 1.43 bits per heavy atom. The van der Waals surface area contributed by atoms with E-state index in [0.29, 0.717) is 11.6 Å². The summed E-state index contributed by atoms with van der Waals surface area (Å²) in [6.07, 6.45) is 0. The first-order valence-electron chi connectivity index (χ1n) is 3.90. The third-order valence-corrected chi connectivity index (χ3v) is 1.60. The van der Waals surface area contributed by atoms with E-state index in [-0.39, 0.29) is 0 Å². The molecular formula is C5H9N9. The van der Waals surface area contributed by atoms with Gasteiger partial charge in [-0.25, -0.2) is 0 Å². The Kier molecular flexibility index (Phi) is 1.93. The Bertz CT molecular complexity index is 388. The van der Waals surface area contributed by atoms with E-state index in [0.717, 1.165) is 0 Å². The van der Waals surface area contributed by atoms with Crippen LogP contribution < -0.4 is 5.73 Å². The summed E-state index contributed by atoms with van der Waals surface area (Å²) in [5, 5.41) is 22.7. The van der Waals surface area contributed by atoms with Crippen molar-refractivity contribution in [3.8, 4) is 0 Å². The molecule has 0 atom stereocenters. The van der Waals surface area contributed by atoms with Gasteiger partial charge in [-0.15, -0.1) is 20.4 Å². The SMILES string of the molecule is Cn1nnc(C(N)c2nnn(C)n2)n1. The first-order valence-corrected chi connectivity index (χ1v) is 3.90. The lowest BCUT2D eigenvalue weighted by Crippen LogP contribution is -2.16. The highest BCUT2D eigenvalue weighted by Gasteiger charge is 2.18. The topological polar surface area (TPSA) is 113 Å². The number of nitrogens with two attached hydrogens (primary N) is 1. The Morgan fingerprint density at radius 1 is 1.00 bits per heavy atom. The molecule has 0 aliphatic heterocycles. The largest absolute Gasteiger partial charge is 0.315 e. The van der Waals surface area contributed by atoms with Crippen LogP contribution in [-0.2, 0) is 14.1 Å². The summed E-state index contributed by atoms with van der Waals surface area (Å²) in [4.78, 5) is 2.65. The molecule has 0 fully saturated rings. The van der Waals surface area contributed by atoms with Gasteiger partial charge in [0.1, 0.15) is 6.04 Å². The lowest BCUT2D eigenvalue weighted by molar-refractivity contribution is 0.617. The maximum absolute atomic E-state index is 5.79. The van der Waals surface area contributed by atoms with Crippen molar-refractivity contribution in [2.24, 2.45) is 19.8 Å². The van der Waals surface area contributed by atoms with Crippen LogP contribution >= 0.6 is 0 Å². The van der Waals surface area contributed by atoms with Gasteiger partial charge in [-0.2, -0.15) is 9.59 Å². The Labute approximate surface area is 78.9 Å². The Hall–Kier alpha value is -1.90. The third-order valence-electron chi connectivity index (χ3n) is 1.60. The molecule has 0 spiro atoms. The summed E-state index contributed by atoms with van der Waals surface area (Å²) in [6, 6.07) is -0.586. The number of tetrazole rings is 2. The normalized spacial score (nSPS) is 11.1. The summed E-state index contributed by atoms with van der Waals surface area (Å²) in [5.74, 6) is 0.751. The summed E-state index contributed by atoms with van der Waals surface area (Å²) >= 11 is 0. The van der Waals surface area contributed by atoms with Gasteiger partial charge in [-0.3, -0.25) is 0 Å². The molecule has 9 heteroatoms. The van der Waals surface area contributed by atoms with E-state index in [1.807, 2.05) is 0 Å². The zero-order valence-corrected chi connectivity index (χ0v) is 7.73. The van der Waals surface area contributed by atoms with Crippen molar-refractivity contribution in [3.05, 3.63) is 11.6 Å². The van der Waals surface area contributed by atoms with E-state index in [4.69, 9.17) is 5.73 Å². The summed E-state index contributed by atoms with van der Waals surface area (Å²) in [6.45, 7) is 0. The van der Waals surface area contributed by atoms with E-state index >= 15 is 0 Å². The maximum atomic E-state index is 5.79. The zero-order chi connectivity index (χ0) is 10.1. The second-order valence-electron chi connectivity index (χ2n) is 2.75. The number of rotatable bonds is 2. The molecule has 2 aromatic rings. The fraction of sp³-hybridized carbons (Fsp3) is 0.600. The van der Waals surface area contributed by atoms with E-state index in [1.165, 1.54) is 9.59 Å². The molecule has 0 radical (unpaired) electrons. The number of aromatic nitrogens is 8. The molecular weight excluding hydrogens is 186 g/mol. The summed E-state index contributed by atoms with van der Waals surface area (Å²) in [5.41, 5.74) is 5.79. The highest BCUT2D eigenvalue weighted by Crippen LogP contribution is 2.08. The average molecular weight is 195 g/mol. The first kappa shape index (κ1) is 8.69. The van der Waals surface area contributed by atoms with Crippen LogP contribution in [0.5, 0.6) is 0 Å². The average Bonchev–Trinajstić information content (AvgIpc) is 2.73. The first-order chi connectivity index (χ1) is 6.66. The van der Waals surface area contributed by atoms with Crippen LogP contribution in [0.2, 0.25) is 0 Å². The van der Waals surface area contributed by atoms with Crippen LogP contribution in [0.4, 0.5) is 0 Å². The second-order valence-corrected chi connectivity index (χ2v) is 2.75. The molecule has 9 nitrogen and oxygen atoms in total. The van der Waals surface area contributed by atoms with Crippen LogP contribution in [-0.4, -0.2) is 40.4 Å².